The number of aromatic amines is 1. The highest BCUT2D eigenvalue weighted by molar-refractivity contribution is 5.70. The van der Waals surface area contributed by atoms with Crippen LogP contribution in [-0.2, 0) is 0 Å². The van der Waals surface area contributed by atoms with Crippen LogP contribution in [0.1, 0.15) is 30.3 Å². The number of H-pyrrole nitrogens is 1. The van der Waals surface area contributed by atoms with Gasteiger partial charge in [-0.2, -0.15) is 5.10 Å². The molecule has 4 heteroatoms. The molecule has 1 aromatic carbocycles. The third kappa shape index (κ3) is 2.24. The lowest BCUT2D eigenvalue weighted by Crippen LogP contribution is -2.14. The third-order valence-corrected chi connectivity index (χ3v) is 3.72. The van der Waals surface area contributed by atoms with Crippen LogP contribution in [0.2, 0.25) is 0 Å². The maximum Gasteiger partial charge on any atom is 0.119 e. The molecule has 1 saturated heterocycles. The second kappa shape index (κ2) is 5.05. The summed E-state index contributed by atoms with van der Waals surface area (Å²) in [5.74, 6) is 0.878. The summed E-state index contributed by atoms with van der Waals surface area (Å²) in [5.41, 5.74) is 4.60. The number of rotatable bonds is 3. The van der Waals surface area contributed by atoms with E-state index in [1.807, 2.05) is 12.1 Å². The molecule has 0 bridgehead atoms. The quantitative estimate of drug-likeness (QED) is 0.889. The van der Waals surface area contributed by atoms with Gasteiger partial charge in [-0.3, -0.25) is 5.10 Å². The van der Waals surface area contributed by atoms with Gasteiger partial charge in [-0.1, -0.05) is 12.1 Å². The van der Waals surface area contributed by atoms with E-state index in [4.69, 9.17) is 4.74 Å². The molecular weight excluding hydrogens is 238 g/mol. The van der Waals surface area contributed by atoms with Crippen LogP contribution in [0.3, 0.4) is 0 Å². The van der Waals surface area contributed by atoms with Gasteiger partial charge in [-0.05, 0) is 44.0 Å². The van der Waals surface area contributed by atoms with Crippen molar-refractivity contribution in [1.29, 1.82) is 0 Å². The Morgan fingerprint density at radius 1 is 1.37 bits per heavy atom. The molecule has 1 aliphatic heterocycles. The van der Waals surface area contributed by atoms with Gasteiger partial charge in [-0.25, -0.2) is 0 Å². The number of benzene rings is 1. The summed E-state index contributed by atoms with van der Waals surface area (Å²) >= 11 is 0. The first-order valence-electron chi connectivity index (χ1n) is 6.72. The zero-order valence-corrected chi connectivity index (χ0v) is 11.4. The molecule has 19 heavy (non-hydrogen) atoms. The fourth-order valence-corrected chi connectivity index (χ4v) is 2.76. The molecule has 0 spiro atoms. The van der Waals surface area contributed by atoms with E-state index < -0.39 is 0 Å². The lowest BCUT2D eigenvalue weighted by molar-refractivity contribution is 0.415. The largest absolute Gasteiger partial charge is 0.497 e. The topological polar surface area (TPSA) is 49.9 Å². The molecule has 1 aromatic heterocycles. The average molecular weight is 257 g/mol. The van der Waals surface area contributed by atoms with E-state index in [0.29, 0.717) is 6.04 Å². The van der Waals surface area contributed by atoms with E-state index in [-0.39, 0.29) is 0 Å². The van der Waals surface area contributed by atoms with Gasteiger partial charge in [0.25, 0.3) is 0 Å². The molecule has 3 rings (SSSR count). The Labute approximate surface area is 113 Å². The summed E-state index contributed by atoms with van der Waals surface area (Å²) in [4.78, 5) is 0. The molecule has 2 heterocycles. The first kappa shape index (κ1) is 12.2. The normalized spacial score (nSPS) is 18.7. The van der Waals surface area contributed by atoms with Gasteiger partial charge >= 0.3 is 0 Å². The van der Waals surface area contributed by atoms with Crippen LogP contribution in [0.25, 0.3) is 11.1 Å². The van der Waals surface area contributed by atoms with Crippen molar-refractivity contribution in [1.82, 2.24) is 15.5 Å². The predicted molar refractivity (Wildman–Crippen MR) is 75.3 cm³/mol. The first-order chi connectivity index (χ1) is 9.29. The number of hydrogen-bond acceptors (Lipinski definition) is 3. The van der Waals surface area contributed by atoms with E-state index in [0.717, 1.165) is 35.7 Å². The molecule has 0 amide bonds. The second-order valence-corrected chi connectivity index (χ2v) is 4.99. The lowest BCUT2D eigenvalue weighted by atomic mass is 9.99. The molecule has 0 radical (unpaired) electrons. The van der Waals surface area contributed by atoms with E-state index >= 15 is 0 Å². The number of aromatic nitrogens is 2. The molecule has 2 N–H and O–H groups in total. The zero-order valence-electron chi connectivity index (χ0n) is 11.4. The van der Waals surface area contributed by atoms with Crippen molar-refractivity contribution in [2.45, 2.75) is 25.8 Å². The van der Waals surface area contributed by atoms with Gasteiger partial charge in [0.05, 0.1) is 18.8 Å². The minimum atomic E-state index is 0.367. The van der Waals surface area contributed by atoms with Crippen molar-refractivity contribution in [2.24, 2.45) is 0 Å². The Hall–Kier alpha value is -1.81. The standard InChI is InChI=1S/C15H19N3O/c1-10-14(11-5-3-6-12(9-11)19-2)15(18-17-10)13-7-4-8-16-13/h3,5-6,9,13,16H,4,7-8H2,1-2H3,(H,17,18). The van der Waals surface area contributed by atoms with Crippen molar-refractivity contribution in [3.8, 4) is 16.9 Å². The highest BCUT2D eigenvalue weighted by Gasteiger charge is 2.24. The van der Waals surface area contributed by atoms with E-state index in [9.17, 15) is 0 Å². The van der Waals surface area contributed by atoms with Gasteiger partial charge in [-0.15, -0.1) is 0 Å². The Balaban J connectivity index is 2.05. The number of nitrogens with one attached hydrogen (secondary N) is 2. The highest BCUT2D eigenvalue weighted by atomic mass is 16.5. The third-order valence-electron chi connectivity index (χ3n) is 3.72. The van der Waals surface area contributed by atoms with Gasteiger partial charge in [0.15, 0.2) is 0 Å². The Morgan fingerprint density at radius 3 is 3.00 bits per heavy atom. The number of ether oxygens (including phenoxy) is 1. The fourth-order valence-electron chi connectivity index (χ4n) is 2.76. The first-order valence-corrected chi connectivity index (χ1v) is 6.72. The Morgan fingerprint density at radius 2 is 2.26 bits per heavy atom. The van der Waals surface area contributed by atoms with Crippen LogP contribution in [0.4, 0.5) is 0 Å². The smallest absolute Gasteiger partial charge is 0.119 e. The molecule has 100 valence electrons. The van der Waals surface area contributed by atoms with Gasteiger partial charge in [0.2, 0.25) is 0 Å². The minimum absolute atomic E-state index is 0.367. The average Bonchev–Trinajstić information content (AvgIpc) is 3.07. The maximum absolute atomic E-state index is 5.31. The van der Waals surface area contributed by atoms with Gasteiger partial charge < -0.3 is 10.1 Å². The second-order valence-electron chi connectivity index (χ2n) is 4.99. The van der Waals surface area contributed by atoms with Crippen LogP contribution >= 0.6 is 0 Å². The SMILES string of the molecule is COc1cccc(-c2c(C3CCCN3)n[nH]c2C)c1. The number of nitrogens with zero attached hydrogens (tertiary/aromatic N) is 1. The molecule has 1 fully saturated rings. The molecule has 1 unspecified atom stereocenters. The molecule has 2 aromatic rings. The van der Waals surface area contributed by atoms with E-state index in [1.165, 1.54) is 12.0 Å². The monoisotopic (exact) mass is 257 g/mol. The van der Waals surface area contributed by atoms with Crippen molar-refractivity contribution in [3.05, 3.63) is 35.7 Å². The summed E-state index contributed by atoms with van der Waals surface area (Å²) in [6.07, 6.45) is 2.37. The summed E-state index contributed by atoms with van der Waals surface area (Å²) < 4.78 is 5.31. The van der Waals surface area contributed by atoms with Crippen molar-refractivity contribution >= 4 is 0 Å². The number of aryl methyl sites for hydroxylation is 1. The maximum atomic E-state index is 5.31. The number of methoxy groups -OCH3 is 1. The van der Waals surface area contributed by atoms with Crippen LogP contribution in [0.5, 0.6) is 5.75 Å². The van der Waals surface area contributed by atoms with Gasteiger partial charge in [0, 0.05) is 11.3 Å². The number of hydrogen-bond donors (Lipinski definition) is 2. The van der Waals surface area contributed by atoms with Gasteiger partial charge in [0.1, 0.15) is 5.75 Å². The molecule has 1 aliphatic rings. The summed E-state index contributed by atoms with van der Waals surface area (Å²) in [6, 6.07) is 8.53. The zero-order chi connectivity index (χ0) is 13.2. The summed E-state index contributed by atoms with van der Waals surface area (Å²) in [6.45, 7) is 3.15. The fraction of sp³-hybridized carbons (Fsp3) is 0.400. The summed E-state index contributed by atoms with van der Waals surface area (Å²) in [7, 11) is 1.70. The lowest BCUT2D eigenvalue weighted by Gasteiger charge is -2.11. The molecule has 4 nitrogen and oxygen atoms in total. The van der Waals surface area contributed by atoms with Crippen LogP contribution in [-0.4, -0.2) is 23.9 Å². The molecular formula is C15H19N3O. The summed E-state index contributed by atoms with van der Waals surface area (Å²) in [5, 5.41) is 11.1. The van der Waals surface area contributed by atoms with Crippen molar-refractivity contribution < 1.29 is 4.74 Å². The molecule has 0 saturated carbocycles. The van der Waals surface area contributed by atoms with E-state index in [1.54, 1.807) is 7.11 Å². The van der Waals surface area contributed by atoms with Crippen molar-refractivity contribution in [2.75, 3.05) is 13.7 Å². The predicted octanol–water partition coefficient (Wildman–Crippen LogP) is 2.82. The Bertz CT molecular complexity index is 571. The van der Waals surface area contributed by atoms with Crippen LogP contribution in [0, 0.1) is 6.92 Å². The Kier molecular flexibility index (Phi) is 3.25. The van der Waals surface area contributed by atoms with Crippen LogP contribution in [0.15, 0.2) is 24.3 Å². The molecule has 1 atom stereocenters. The minimum Gasteiger partial charge on any atom is -0.497 e. The van der Waals surface area contributed by atoms with Crippen LogP contribution < -0.4 is 10.1 Å². The highest BCUT2D eigenvalue weighted by Crippen LogP contribution is 2.34. The van der Waals surface area contributed by atoms with E-state index in [2.05, 4.69) is 34.6 Å². The van der Waals surface area contributed by atoms with Crippen molar-refractivity contribution in [3.63, 3.8) is 0 Å². The molecule has 0 aliphatic carbocycles.